The molecular weight excluding hydrogens is 238 g/mol. The molecule has 0 aliphatic rings. The molecule has 0 aliphatic carbocycles. The number of hydrogen-bond acceptors (Lipinski definition) is 4. The number of amides is 1. The van der Waals surface area contributed by atoms with E-state index in [4.69, 9.17) is 13.6 Å². The zero-order chi connectivity index (χ0) is 13.7. The van der Waals surface area contributed by atoms with Crippen molar-refractivity contribution in [3.8, 4) is 0 Å². The van der Waals surface area contributed by atoms with Crippen molar-refractivity contribution in [2.75, 3.05) is 19.8 Å². The van der Waals surface area contributed by atoms with E-state index in [1.807, 2.05) is 20.6 Å². The Kier molecular flexibility index (Phi) is 12.9. The van der Waals surface area contributed by atoms with Crippen molar-refractivity contribution in [3.05, 3.63) is 0 Å². The summed E-state index contributed by atoms with van der Waals surface area (Å²) in [6, 6.07) is 0.926. The van der Waals surface area contributed by atoms with Crippen LogP contribution in [0.15, 0.2) is 0 Å². The topological polar surface area (TPSA) is 64.6 Å². The standard InChI is InChI=1S/C10H23NO3Si.CH2O/c1-5-13-15(4,14-6-2)9-7-8-11-10(3)12;1-2/h5-9H2,1-4H3,(H,11,12);1H2. The first-order valence-corrected chi connectivity index (χ1v) is 8.37. The molecule has 0 aromatic rings. The highest BCUT2D eigenvalue weighted by Gasteiger charge is 2.29. The molecule has 1 amide bonds. The summed E-state index contributed by atoms with van der Waals surface area (Å²) in [6.45, 7) is 11.7. The summed E-state index contributed by atoms with van der Waals surface area (Å²) in [5.74, 6) is 0.0196. The Balaban J connectivity index is 0. The van der Waals surface area contributed by atoms with Crippen LogP contribution in [-0.4, -0.2) is 41.0 Å². The molecule has 5 nitrogen and oxygen atoms in total. The second kappa shape index (κ2) is 11.8. The predicted octanol–water partition coefficient (Wildman–Crippen LogP) is 1.47. The average Bonchev–Trinajstić information content (AvgIpc) is 2.28. The van der Waals surface area contributed by atoms with Crippen molar-refractivity contribution >= 4 is 21.3 Å². The van der Waals surface area contributed by atoms with E-state index >= 15 is 0 Å². The summed E-state index contributed by atoms with van der Waals surface area (Å²) in [4.78, 5) is 18.7. The lowest BCUT2D eigenvalue weighted by molar-refractivity contribution is -0.118. The minimum Gasteiger partial charge on any atom is -0.395 e. The van der Waals surface area contributed by atoms with Gasteiger partial charge < -0.3 is 19.0 Å². The summed E-state index contributed by atoms with van der Waals surface area (Å²) < 4.78 is 11.4. The third kappa shape index (κ3) is 11.5. The second-order valence-electron chi connectivity index (χ2n) is 3.59. The summed E-state index contributed by atoms with van der Waals surface area (Å²) in [5.41, 5.74) is 0. The zero-order valence-electron chi connectivity index (χ0n) is 11.4. The van der Waals surface area contributed by atoms with Gasteiger partial charge in [0.15, 0.2) is 0 Å². The minimum absolute atomic E-state index is 0.0196. The Morgan fingerprint density at radius 1 is 1.24 bits per heavy atom. The van der Waals surface area contributed by atoms with E-state index in [1.54, 1.807) is 0 Å². The van der Waals surface area contributed by atoms with Gasteiger partial charge in [0.05, 0.1) is 0 Å². The quantitative estimate of drug-likeness (QED) is 0.532. The predicted molar refractivity (Wildman–Crippen MR) is 70.1 cm³/mol. The lowest BCUT2D eigenvalue weighted by Gasteiger charge is -2.25. The zero-order valence-corrected chi connectivity index (χ0v) is 12.4. The Morgan fingerprint density at radius 2 is 1.71 bits per heavy atom. The number of nitrogens with one attached hydrogen (secondary N) is 1. The van der Waals surface area contributed by atoms with E-state index < -0.39 is 8.56 Å². The van der Waals surface area contributed by atoms with Gasteiger partial charge in [0.1, 0.15) is 6.79 Å². The number of carbonyl (C=O) groups excluding carboxylic acids is 2. The van der Waals surface area contributed by atoms with Crippen molar-refractivity contribution < 1.29 is 18.4 Å². The van der Waals surface area contributed by atoms with Crippen molar-refractivity contribution in [2.24, 2.45) is 0 Å². The molecule has 0 radical (unpaired) electrons. The third-order valence-electron chi connectivity index (χ3n) is 2.08. The van der Waals surface area contributed by atoms with Gasteiger partial charge in [0.25, 0.3) is 0 Å². The van der Waals surface area contributed by atoms with Gasteiger partial charge in [-0.05, 0) is 32.9 Å². The van der Waals surface area contributed by atoms with Crippen molar-refractivity contribution in [1.29, 1.82) is 0 Å². The van der Waals surface area contributed by atoms with Crippen LogP contribution in [0.2, 0.25) is 12.6 Å². The molecule has 0 unspecified atom stereocenters. The molecule has 0 saturated heterocycles. The van der Waals surface area contributed by atoms with E-state index in [9.17, 15) is 4.79 Å². The molecule has 0 bridgehead atoms. The molecule has 0 fully saturated rings. The maximum absolute atomic E-state index is 10.7. The van der Waals surface area contributed by atoms with E-state index in [1.165, 1.54) is 6.92 Å². The summed E-state index contributed by atoms with van der Waals surface area (Å²) in [5, 5.41) is 2.77. The first-order chi connectivity index (χ1) is 8.04. The lowest BCUT2D eigenvalue weighted by Crippen LogP contribution is -2.39. The number of carbonyl (C=O) groups is 2. The fraction of sp³-hybridized carbons (Fsp3) is 0.818. The fourth-order valence-corrected chi connectivity index (χ4v) is 3.88. The molecule has 0 aromatic heterocycles. The normalized spacial score (nSPS) is 10.4. The first kappa shape index (κ1) is 18.6. The van der Waals surface area contributed by atoms with Gasteiger partial charge in [0.2, 0.25) is 5.91 Å². The van der Waals surface area contributed by atoms with Crippen LogP contribution in [0, 0.1) is 0 Å². The molecule has 1 N–H and O–H groups in total. The number of hydrogen-bond donors (Lipinski definition) is 1. The fourth-order valence-electron chi connectivity index (χ4n) is 1.47. The van der Waals surface area contributed by atoms with Crippen LogP contribution in [-0.2, 0) is 18.4 Å². The summed E-state index contributed by atoms with van der Waals surface area (Å²) >= 11 is 0. The van der Waals surface area contributed by atoms with Crippen LogP contribution in [0.1, 0.15) is 27.2 Å². The Morgan fingerprint density at radius 3 is 2.06 bits per heavy atom. The van der Waals surface area contributed by atoms with Crippen LogP contribution < -0.4 is 5.32 Å². The molecule has 6 heteroatoms. The van der Waals surface area contributed by atoms with Gasteiger partial charge >= 0.3 is 8.56 Å². The minimum atomic E-state index is -1.97. The number of rotatable bonds is 8. The maximum atomic E-state index is 10.7. The lowest BCUT2D eigenvalue weighted by atomic mass is 10.5. The monoisotopic (exact) mass is 263 g/mol. The van der Waals surface area contributed by atoms with Crippen molar-refractivity contribution in [1.82, 2.24) is 5.32 Å². The SMILES string of the molecule is C=O.CCO[Si](C)(CCCNC(C)=O)OCC. The van der Waals surface area contributed by atoms with Gasteiger partial charge in [-0.2, -0.15) is 0 Å². The van der Waals surface area contributed by atoms with E-state index in [2.05, 4.69) is 11.9 Å². The maximum Gasteiger partial charge on any atom is 0.334 e. The molecule has 0 aliphatic heterocycles. The summed E-state index contributed by atoms with van der Waals surface area (Å²) in [7, 11) is -1.97. The third-order valence-corrected chi connectivity index (χ3v) is 5.14. The van der Waals surface area contributed by atoms with Crippen LogP contribution in [0.5, 0.6) is 0 Å². The smallest absolute Gasteiger partial charge is 0.334 e. The molecule has 102 valence electrons. The average molecular weight is 263 g/mol. The van der Waals surface area contributed by atoms with E-state index in [0.717, 1.165) is 12.5 Å². The van der Waals surface area contributed by atoms with Crippen LogP contribution in [0.4, 0.5) is 0 Å². The van der Waals surface area contributed by atoms with Gasteiger partial charge in [-0.1, -0.05) is 0 Å². The van der Waals surface area contributed by atoms with E-state index in [0.29, 0.717) is 19.8 Å². The van der Waals surface area contributed by atoms with Crippen LogP contribution in [0.25, 0.3) is 0 Å². The van der Waals surface area contributed by atoms with Gasteiger partial charge in [-0.15, -0.1) is 0 Å². The molecule has 17 heavy (non-hydrogen) atoms. The molecule has 0 atom stereocenters. The molecule has 0 rings (SSSR count). The molecule has 0 heterocycles. The highest BCUT2D eigenvalue weighted by Crippen LogP contribution is 2.15. The van der Waals surface area contributed by atoms with Crippen molar-refractivity contribution in [2.45, 2.75) is 39.8 Å². The Labute approximate surface area is 105 Å². The van der Waals surface area contributed by atoms with Gasteiger partial charge in [0, 0.05) is 26.7 Å². The largest absolute Gasteiger partial charge is 0.395 e. The summed E-state index contributed by atoms with van der Waals surface area (Å²) in [6.07, 6.45) is 0.919. The highest BCUT2D eigenvalue weighted by molar-refractivity contribution is 6.66. The molecule has 0 spiro atoms. The van der Waals surface area contributed by atoms with E-state index in [-0.39, 0.29) is 5.91 Å². The van der Waals surface area contributed by atoms with Gasteiger partial charge in [-0.25, -0.2) is 0 Å². The molecule has 0 aromatic carbocycles. The first-order valence-electron chi connectivity index (χ1n) is 5.85. The Hall–Kier alpha value is -0.723. The second-order valence-corrected chi connectivity index (χ2v) is 6.93. The highest BCUT2D eigenvalue weighted by atomic mass is 28.4. The van der Waals surface area contributed by atoms with Crippen molar-refractivity contribution in [3.63, 3.8) is 0 Å². The van der Waals surface area contributed by atoms with Crippen LogP contribution >= 0.6 is 0 Å². The van der Waals surface area contributed by atoms with Gasteiger partial charge in [-0.3, -0.25) is 4.79 Å². The Bertz CT molecular complexity index is 196. The molecule has 0 saturated carbocycles. The molecular formula is C11H25NO4Si. The van der Waals surface area contributed by atoms with Crippen LogP contribution in [0.3, 0.4) is 0 Å².